The quantitative estimate of drug-likeness (QED) is 0.822. The maximum atomic E-state index is 12.1. The van der Waals surface area contributed by atoms with Crippen LogP contribution in [0.15, 0.2) is 36.4 Å². The molecule has 1 unspecified atom stereocenters. The molecule has 1 heterocycles. The van der Waals surface area contributed by atoms with Gasteiger partial charge in [-0.15, -0.1) is 0 Å². The van der Waals surface area contributed by atoms with Crippen LogP contribution in [0.3, 0.4) is 0 Å². The van der Waals surface area contributed by atoms with Crippen LogP contribution in [0.25, 0.3) is 11.1 Å². The number of fused-ring (bicyclic) bond motifs is 1. The van der Waals surface area contributed by atoms with E-state index in [2.05, 4.69) is 5.32 Å². The Morgan fingerprint density at radius 1 is 1.20 bits per heavy atom. The molecule has 0 aliphatic carbocycles. The fraction of sp³-hybridized carbons (Fsp3) is 0.316. The number of hydrogen-bond donors (Lipinski definition) is 1. The zero-order valence-corrected chi connectivity index (χ0v) is 15.4. The van der Waals surface area contributed by atoms with Crippen LogP contribution < -0.4 is 10.1 Å². The third-order valence-electron chi connectivity index (χ3n) is 4.17. The highest BCUT2D eigenvalue weighted by molar-refractivity contribution is 6.42. The summed E-state index contributed by atoms with van der Waals surface area (Å²) in [5.41, 5.74) is 2.94. The number of carbonyl (C=O) groups is 1. The van der Waals surface area contributed by atoms with E-state index < -0.39 is 0 Å². The van der Waals surface area contributed by atoms with Crippen molar-refractivity contribution in [2.45, 2.75) is 18.9 Å². The Kier molecular flexibility index (Phi) is 5.84. The van der Waals surface area contributed by atoms with Crippen molar-refractivity contribution in [1.82, 2.24) is 5.32 Å². The molecule has 132 valence electrons. The largest absolute Gasteiger partial charge is 0.493 e. The topological polar surface area (TPSA) is 47.6 Å². The molecule has 0 aromatic heterocycles. The Bertz CT molecular complexity index is 779. The Balaban J connectivity index is 1.87. The van der Waals surface area contributed by atoms with Crippen LogP contribution >= 0.6 is 23.2 Å². The lowest BCUT2D eigenvalue weighted by molar-refractivity contribution is -0.122. The van der Waals surface area contributed by atoms with Crippen LogP contribution in [0, 0.1) is 0 Å². The van der Waals surface area contributed by atoms with Crippen molar-refractivity contribution in [3.63, 3.8) is 0 Å². The molecule has 1 aliphatic heterocycles. The van der Waals surface area contributed by atoms with Gasteiger partial charge in [-0.2, -0.15) is 0 Å². The molecular formula is C19H19Cl2NO3. The number of hydrogen-bond acceptors (Lipinski definition) is 3. The number of nitrogens with one attached hydrogen (secondary N) is 1. The second-order valence-corrected chi connectivity index (χ2v) is 6.70. The van der Waals surface area contributed by atoms with Gasteiger partial charge in [0.05, 0.1) is 29.3 Å². The summed E-state index contributed by atoms with van der Waals surface area (Å²) in [4.78, 5) is 12.1. The van der Waals surface area contributed by atoms with Crippen LogP contribution in [0.1, 0.15) is 24.4 Å². The molecule has 1 aliphatic rings. The molecule has 6 heteroatoms. The van der Waals surface area contributed by atoms with Gasteiger partial charge in [0.2, 0.25) is 5.91 Å². The first kappa shape index (κ1) is 18.1. The summed E-state index contributed by atoms with van der Waals surface area (Å²) >= 11 is 12.1. The number of carbonyl (C=O) groups excluding carboxylic acids is 1. The van der Waals surface area contributed by atoms with E-state index in [1.807, 2.05) is 30.3 Å². The van der Waals surface area contributed by atoms with E-state index >= 15 is 0 Å². The van der Waals surface area contributed by atoms with Gasteiger partial charge in [-0.3, -0.25) is 4.79 Å². The molecule has 25 heavy (non-hydrogen) atoms. The third kappa shape index (κ3) is 4.27. The van der Waals surface area contributed by atoms with E-state index in [-0.39, 0.29) is 11.9 Å². The molecule has 3 rings (SSSR count). The van der Waals surface area contributed by atoms with Crippen molar-refractivity contribution in [2.75, 3.05) is 20.3 Å². The summed E-state index contributed by atoms with van der Waals surface area (Å²) in [6.07, 6.45) is 1.08. The second kappa shape index (κ2) is 8.09. The van der Waals surface area contributed by atoms with E-state index in [1.54, 1.807) is 13.2 Å². The number of benzene rings is 2. The van der Waals surface area contributed by atoms with Gasteiger partial charge in [0.1, 0.15) is 5.75 Å². The van der Waals surface area contributed by atoms with Gasteiger partial charge in [0, 0.05) is 25.5 Å². The highest BCUT2D eigenvalue weighted by Gasteiger charge is 2.23. The molecule has 1 amide bonds. The van der Waals surface area contributed by atoms with Gasteiger partial charge in [-0.25, -0.2) is 0 Å². The highest BCUT2D eigenvalue weighted by atomic mass is 35.5. The Morgan fingerprint density at radius 3 is 2.72 bits per heavy atom. The van der Waals surface area contributed by atoms with E-state index in [1.165, 1.54) is 0 Å². The van der Waals surface area contributed by atoms with Crippen molar-refractivity contribution < 1.29 is 14.3 Å². The molecule has 0 spiro atoms. The maximum Gasteiger partial charge on any atom is 0.222 e. The zero-order valence-electron chi connectivity index (χ0n) is 13.9. The van der Waals surface area contributed by atoms with Crippen molar-refractivity contribution >= 4 is 29.1 Å². The Labute approximate surface area is 157 Å². The van der Waals surface area contributed by atoms with Crippen LogP contribution in [0.5, 0.6) is 5.75 Å². The SMILES string of the molecule is COCCC(=O)NC1CCOc2ccc(-c3ccc(Cl)c(Cl)c3)cc21. The van der Waals surface area contributed by atoms with Gasteiger partial charge in [0.25, 0.3) is 0 Å². The molecule has 0 saturated heterocycles. The lowest BCUT2D eigenvalue weighted by Crippen LogP contribution is -2.32. The summed E-state index contributed by atoms with van der Waals surface area (Å²) < 4.78 is 10.7. The first-order chi connectivity index (χ1) is 12.1. The second-order valence-electron chi connectivity index (χ2n) is 5.88. The Hall–Kier alpha value is -1.75. The Morgan fingerprint density at radius 2 is 1.96 bits per heavy atom. The normalized spacial score (nSPS) is 16.0. The lowest BCUT2D eigenvalue weighted by Gasteiger charge is -2.27. The molecule has 0 fully saturated rings. The van der Waals surface area contributed by atoms with E-state index in [0.29, 0.717) is 29.7 Å². The standard InChI is InChI=1S/C19H19Cl2NO3/c1-24-8-7-19(23)22-17-6-9-25-18-5-3-12(10-14(17)18)13-2-4-15(20)16(21)11-13/h2-5,10-11,17H,6-9H2,1H3,(H,22,23). The van der Waals surface area contributed by atoms with E-state index in [4.69, 9.17) is 32.7 Å². The summed E-state index contributed by atoms with van der Waals surface area (Å²) in [5, 5.41) is 4.10. The predicted molar refractivity (Wildman–Crippen MR) is 99.4 cm³/mol. The van der Waals surface area contributed by atoms with Crippen molar-refractivity contribution in [2.24, 2.45) is 0 Å². The van der Waals surface area contributed by atoms with E-state index in [0.717, 1.165) is 28.9 Å². The predicted octanol–water partition coefficient (Wildman–Crippen LogP) is 4.64. The number of ether oxygens (including phenoxy) is 2. The molecule has 4 nitrogen and oxygen atoms in total. The van der Waals surface area contributed by atoms with Gasteiger partial charge in [0.15, 0.2) is 0 Å². The van der Waals surface area contributed by atoms with Gasteiger partial charge in [-0.1, -0.05) is 35.3 Å². The summed E-state index contributed by atoms with van der Waals surface area (Å²) in [7, 11) is 1.58. The summed E-state index contributed by atoms with van der Waals surface area (Å²) in [6.45, 7) is 0.986. The molecule has 2 aromatic carbocycles. The number of rotatable bonds is 5. The molecule has 0 bridgehead atoms. The van der Waals surface area contributed by atoms with Crippen molar-refractivity contribution in [1.29, 1.82) is 0 Å². The third-order valence-corrected chi connectivity index (χ3v) is 4.91. The summed E-state index contributed by atoms with van der Waals surface area (Å²) in [5.74, 6) is 0.770. The molecule has 2 aromatic rings. The average Bonchev–Trinajstić information content (AvgIpc) is 2.62. The highest BCUT2D eigenvalue weighted by Crippen LogP contribution is 2.36. The molecule has 1 atom stereocenters. The monoisotopic (exact) mass is 379 g/mol. The number of methoxy groups -OCH3 is 1. The minimum Gasteiger partial charge on any atom is -0.493 e. The lowest BCUT2D eigenvalue weighted by atomic mass is 9.95. The van der Waals surface area contributed by atoms with Crippen molar-refractivity contribution in [3.8, 4) is 16.9 Å². The first-order valence-corrected chi connectivity index (χ1v) is 8.84. The zero-order chi connectivity index (χ0) is 17.8. The first-order valence-electron chi connectivity index (χ1n) is 8.09. The van der Waals surface area contributed by atoms with Crippen LogP contribution in [0.4, 0.5) is 0 Å². The minimum absolute atomic E-state index is 0.0281. The molecule has 0 saturated carbocycles. The van der Waals surface area contributed by atoms with Gasteiger partial charge >= 0.3 is 0 Å². The fourth-order valence-corrected chi connectivity index (χ4v) is 3.16. The average molecular weight is 380 g/mol. The van der Waals surface area contributed by atoms with Gasteiger partial charge < -0.3 is 14.8 Å². The molecule has 1 N–H and O–H groups in total. The molecule has 0 radical (unpaired) electrons. The van der Waals surface area contributed by atoms with Crippen molar-refractivity contribution in [3.05, 3.63) is 52.0 Å². The smallest absolute Gasteiger partial charge is 0.222 e. The fourth-order valence-electron chi connectivity index (χ4n) is 2.86. The van der Waals surface area contributed by atoms with Crippen LogP contribution in [-0.2, 0) is 9.53 Å². The van der Waals surface area contributed by atoms with Crippen LogP contribution in [-0.4, -0.2) is 26.2 Å². The van der Waals surface area contributed by atoms with Gasteiger partial charge in [-0.05, 0) is 35.4 Å². The van der Waals surface area contributed by atoms with E-state index in [9.17, 15) is 4.79 Å². The number of halogens is 2. The van der Waals surface area contributed by atoms with Crippen LogP contribution in [0.2, 0.25) is 10.0 Å². The molecular weight excluding hydrogens is 361 g/mol. The summed E-state index contributed by atoms with van der Waals surface area (Å²) in [6, 6.07) is 11.4. The minimum atomic E-state index is -0.0733. The maximum absolute atomic E-state index is 12.1. The number of amides is 1.